The van der Waals surface area contributed by atoms with Crippen molar-refractivity contribution in [2.45, 2.75) is 12.7 Å². The highest BCUT2D eigenvalue weighted by Crippen LogP contribution is 2.29. The molecule has 0 N–H and O–H groups in total. The zero-order chi connectivity index (χ0) is 8.39. The molecule has 1 atom stereocenters. The lowest BCUT2D eigenvalue weighted by atomic mass is 10.1. The lowest BCUT2D eigenvalue weighted by Crippen LogP contribution is -1.98. The highest BCUT2D eigenvalue weighted by atomic mass is 16.5. The number of benzene rings is 1. The molecule has 1 aliphatic heterocycles. The van der Waals surface area contributed by atoms with Crippen molar-refractivity contribution in [1.82, 2.24) is 0 Å². The van der Waals surface area contributed by atoms with Gasteiger partial charge in [-0.2, -0.15) is 4.91 Å². The SMILES string of the molecule is O=NCC1OCc2ccccc21. The maximum atomic E-state index is 10.0. The van der Waals surface area contributed by atoms with E-state index >= 15 is 0 Å². The highest BCUT2D eigenvalue weighted by Gasteiger charge is 2.22. The molecule has 1 heterocycles. The smallest absolute Gasteiger partial charge is 0.111 e. The first-order chi connectivity index (χ1) is 5.92. The van der Waals surface area contributed by atoms with E-state index in [9.17, 15) is 4.91 Å². The van der Waals surface area contributed by atoms with Crippen LogP contribution in [0, 0.1) is 4.91 Å². The molecule has 0 aromatic heterocycles. The average molecular weight is 163 g/mol. The maximum Gasteiger partial charge on any atom is 0.111 e. The fourth-order valence-corrected chi connectivity index (χ4v) is 1.48. The fourth-order valence-electron chi connectivity index (χ4n) is 1.48. The molecule has 0 aliphatic carbocycles. The van der Waals surface area contributed by atoms with Crippen molar-refractivity contribution in [3.8, 4) is 0 Å². The second-order valence-corrected chi connectivity index (χ2v) is 2.81. The van der Waals surface area contributed by atoms with E-state index < -0.39 is 0 Å². The molecule has 3 heteroatoms. The predicted octanol–water partition coefficient (Wildman–Crippen LogP) is 2.02. The van der Waals surface area contributed by atoms with Crippen molar-refractivity contribution in [3.63, 3.8) is 0 Å². The van der Waals surface area contributed by atoms with Crippen molar-refractivity contribution in [1.29, 1.82) is 0 Å². The van der Waals surface area contributed by atoms with Gasteiger partial charge in [0.05, 0.1) is 6.61 Å². The van der Waals surface area contributed by atoms with Gasteiger partial charge in [-0.1, -0.05) is 29.4 Å². The topological polar surface area (TPSA) is 38.7 Å². The lowest BCUT2D eigenvalue weighted by Gasteiger charge is -2.04. The van der Waals surface area contributed by atoms with E-state index in [0.717, 1.165) is 5.56 Å². The van der Waals surface area contributed by atoms with Crippen LogP contribution in [0.5, 0.6) is 0 Å². The van der Waals surface area contributed by atoms with E-state index in [2.05, 4.69) is 5.18 Å². The standard InChI is InChI=1S/C9H9NO2/c11-10-5-9-8-4-2-1-3-7(8)6-12-9/h1-4,9H,5-6H2. The third kappa shape index (κ3) is 1.12. The second-order valence-electron chi connectivity index (χ2n) is 2.81. The minimum atomic E-state index is -0.112. The summed E-state index contributed by atoms with van der Waals surface area (Å²) >= 11 is 0. The number of nitrogens with zero attached hydrogens (tertiary/aromatic N) is 1. The summed E-state index contributed by atoms with van der Waals surface area (Å²) in [6, 6.07) is 7.92. The van der Waals surface area contributed by atoms with Gasteiger partial charge in [0.25, 0.3) is 0 Å². The molecule has 12 heavy (non-hydrogen) atoms. The van der Waals surface area contributed by atoms with Crippen LogP contribution in [-0.4, -0.2) is 6.54 Å². The summed E-state index contributed by atoms with van der Waals surface area (Å²) in [7, 11) is 0. The van der Waals surface area contributed by atoms with Crippen LogP contribution < -0.4 is 0 Å². The molecular formula is C9H9NO2. The summed E-state index contributed by atoms with van der Waals surface area (Å²) in [4.78, 5) is 10.0. The molecule has 3 nitrogen and oxygen atoms in total. The van der Waals surface area contributed by atoms with Crippen LogP contribution in [0.25, 0.3) is 0 Å². The monoisotopic (exact) mass is 163 g/mol. The summed E-state index contributed by atoms with van der Waals surface area (Å²) in [5, 5.41) is 2.84. The minimum Gasteiger partial charge on any atom is -0.367 e. The average Bonchev–Trinajstić information content (AvgIpc) is 2.50. The Balaban J connectivity index is 2.29. The number of fused-ring (bicyclic) bond motifs is 1. The van der Waals surface area contributed by atoms with Crippen molar-refractivity contribution in [2.75, 3.05) is 6.54 Å². The van der Waals surface area contributed by atoms with E-state index in [1.807, 2.05) is 24.3 Å². The summed E-state index contributed by atoms with van der Waals surface area (Å²) in [6.07, 6.45) is -0.112. The molecule has 0 amide bonds. The highest BCUT2D eigenvalue weighted by molar-refractivity contribution is 5.31. The number of ether oxygens (including phenoxy) is 1. The predicted molar refractivity (Wildman–Crippen MR) is 44.6 cm³/mol. The normalized spacial score (nSPS) is 20.5. The molecule has 0 saturated carbocycles. The first-order valence-corrected chi connectivity index (χ1v) is 3.90. The molecule has 1 aromatic carbocycles. The third-order valence-corrected chi connectivity index (χ3v) is 2.08. The number of hydrogen-bond acceptors (Lipinski definition) is 3. The molecule has 0 saturated heterocycles. The minimum absolute atomic E-state index is 0.112. The second kappa shape index (κ2) is 3.03. The van der Waals surface area contributed by atoms with E-state index in [-0.39, 0.29) is 12.6 Å². The van der Waals surface area contributed by atoms with Crippen molar-refractivity contribution < 1.29 is 4.74 Å². The van der Waals surface area contributed by atoms with Gasteiger partial charge in [-0.25, -0.2) is 0 Å². The van der Waals surface area contributed by atoms with Crippen LogP contribution in [-0.2, 0) is 11.3 Å². The van der Waals surface area contributed by atoms with Gasteiger partial charge in [-0.3, -0.25) is 0 Å². The van der Waals surface area contributed by atoms with Crippen LogP contribution in [0.2, 0.25) is 0 Å². The van der Waals surface area contributed by atoms with Gasteiger partial charge in [-0.05, 0) is 11.1 Å². The molecule has 1 aromatic rings. The summed E-state index contributed by atoms with van der Waals surface area (Å²) in [6.45, 7) is 0.827. The van der Waals surface area contributed by atoms with Crippen LogP contribution in [0.1, 0.15) is 17.2 Å². The molecule has 1 aliphatic rings. The molecule has 0 radical (unpaired) electrons. The third-order valence-electron chi connectivity index (χ3n) is 2.08. The Hall–Kier alpha value is -1.22. The number of nitroso groups, excluding NO2 is 1. The van der Waals surface area contributed by atoms with Crippen molar-refractivity contribution in [2.24, 2.45) is 5.18 Å². The fraction of sp³-hybridized carbons (Fsp3) is 0.333. The Kier molecular flexibility index (Phi) is 1.87. The molecule has 0 spiro atoms. The van der Waals surface area contributed by atoms with Crippen LogP contribution in [0.3, 0.4) is 0 Å². The van der Waals surface area contributed by atoms with Gasteiger partial charge in [-0.15, -0.1) is 0 Å². The lowest BCUT2D eigenvalue weighted by molar-refractivity contribution is 0.0725. The zero-order valence-corrected chi connectivity index (χ0v) is 6.56. The van der Waals surface area contributed by atoms with Gasteiger partial charge in [0.1, 0.15) is 12.6 Å². The van der Waals surface area contributed by atoms with E-state index in [0.29, 0.717) is 6.61 Å². The van der Waals surface area contributed by atoms with E-state index in [1.165, 1.54) is 5.56 Å². The van der Waals surface area contributed by atoms with Gasteiger partial charge >= 0.3 is 0 Å². The molecule has 1 unspecified atom stereocenters. The maximum absolute atomic E-state index is 10.0. The summed E-state index contributed by atoms with van der Waals surface area (Å²) in [5.74, 6) is 0. The molecule has 2 rings (SSSR count). The zero-order valence-electron chi connectivity index (χ0n) is 6.56. The van der Waals surface area contributed by atoms with Gasteiger partial charge in [0, 0.05) is 0 Å². The van der Waals surface area contributed by atoms with Gasteiger partial charge in [0.2, 0.25) is 0 Å². The molecule has 0 bridgehead atoms. The van der Waals surface area contributed by atoms with Crippen LogP contribution in [0.15, 0.2) is 29.4 Å². The van der Waals surface area contributed by atoms with Crippen molar-refractivity contribution in [3.05, 3.63) is 40.3 Å². The van der Waals surface area contributed by atoms with E-state index in [4.69, 9.17) is 4.74 Å². The molecule has 0 fully saturated rings. The van der Waals surface area contributed by atoms with Crippen LogP contribution >= 0.6 is 0 Å². The number of rotatable bonds is 2. The Morgan fingerprint density at radius 2 is 2.33 bits per heavy atom. The first kappa shape index (κ1) is 7.43. The Bertz CT molecular complexity index is 298. The van der Waals surface area contributed by atoms with E-state index in [1.54, 1.807) is 0 Å². The summed E-state index contributed by atoms with van der Waals surface area (Å²) < 4.78 is 5.37. The Labute approximate surface area is 70.3 Å². The Morgan fingerprint density at radius 1 is 1.50 bits per heavy atom. The quantitative estimate of drug-likeness (QED) is 0.625. The molecule has 62 valence electrons. The molecular weight excluding hydrogens is 154 g/mol. The van der Waals surface area contributed by atoms with Crippen LogP contribution in [0.4, 0.5) is 0 Å². The van der Waals surface area contributed by atoms with Crippen molar-refractivity contribution >= 4 is 0 Å². The van der Waals surface area contributed by atoms with Gasteiger partial charge < -0.3 is 4.74 Å². The largest absolute Gasteiger partial charge is 0.367 e. The summed E-state index contributed by atoms with van der Waals surface area (Å²) in [5.41, 5.74) is 2.28. The first-order valence-electron chi connectivity index (χ1n) is 3.90. The Morgan fingerprint density at radius 3 is 3.17 bits per heavy atom. The number of hydrogen-bond donors (Lipinski definition) is 0. The van der Waals surface area contributed by atoms with Gasteiger partial charge in [0.15, 0.2) is 0 Å².